The van der Waals surface area contributed by atoms with Crippen molar-refractivity contribution in [1.82, 2.24) is 0 Å². The van der Waals surface area contributed by atoms with E-state index in [1.165, 1.54) is 0 Å². The van der Waals surface area contributed by atoms with Crippen molar-refractivity contribution in [2.24, 2.45) is 0 Å². The molecule has 0 spiro atoms. The fourth-order valence-electron chi connectivity index (χ4n) is 0.153. The molecule has 0 amide bonds. The van der Waals surface area contributed by atoms with E-state index in [1.807, 2.05) is 0 Å². The van der Waals surface area contributed by atoms with Gasteiger partial charge in [-0.2, -0.15) is 0 Å². The van der Waals surface area contributed by atoms with E-state index in [4.69, 9.17) is 9.60 Å². The lowest BCUT2D eigenvalue weighted by molar-refractivity contribution is -0.134. The summed E-state index contributed by atoms with van der Waals surface area (Å²) in [4.78, 5) is 10.9. The van der Waals surface area contributed by atoms with Crippen LogP contribution in [0.25, 0.3) is 0 Å². The minimum Gasteiger partial charge on any atom is -0.466 e. The van der Waals surface area contributed by atoms with Crippen molar-refractivity contribution in [3.8, 4) is 0 Å². The van der Waals surface area contributed by atoms with Crippen LogP contribution in [0.1, 0.15) is 23.3 Å². The topological polar surface area (TPSA) is 26.3 Å². The fraction of sp³-hybridized carbons (Fsp3) is 0.500. The summed E-state index contributed by atoms with van der Waals surface area (Å²) in [6.45, 7) is -6.03. The van der Waals surface area contributed by atoms with Crippen LogP contribution in [0.2, 0.25) is 0 Å². The number of methoxy groups -OCH3 is 1. The van der Waals surface area contributed by atoms with Crippen molar-refractivity contribution >= 4 is 5.97 Å². The summed E-state index contributed by atoms with van der Waals surface area (Å²) in [5.41, 5.74) is -1.18. The first-order chi connectivity index (χ1) is 6.51. The highest BCUT2D eigenvalue weighted by molar-refractivity contribution is 5.82. The molecule has 0 aromatic carbocycles. The molecule has 0 bridgehead atoms. The molecule has 0 aliphatic rings. The molecule has 0 radical (unpaired) electrons. The van der Waals surface area contributed by atoms with E-state index in [0.29, 0.717) is 0 Å². The van der Waals surface area contributed by atoms with Gasteiger partial charge in [0, 0.05) is 14.3 Å². The molecular weight excluding hydrogens is 104 g/mol. The summed E-state index contributed by atoms with van der Waals surface area (Å²) < 4.78 is 52.8. The van der Waals surface area contributed by atoms with Crippen molar-refractivity contribution in [3.05, 3.63) is 11.6 Å². The summed E-state index contributed by atoms with van der Waals surface area (Å²) in [6, 6.07) is -1.14. The molecule has 0 unspecified atom stereocenters. The smallest absolute Gasteiger partial charge is 0.330 e. The predicted molar refractivity (Wildman–Crippen MR) is 31.4 cm³/mol. The molecule has 0 saturated carbocycles. The van der Waals surface area contributed by atoms with Crippen LogP contribution in [0.5, 0.6) is 0 Å². The van der Waals surface area contributed by atoms with Crippen LogP contribution in [0.15, 0.2) is 11.6 Å². The van der Waals surface area contributed by atoms with E-state index < -0.39 is 31.3 Å². The highest BCUT2D eigenvalue weighted by Gasteiger charge is 1.89. The summed E-state index contributed by atoms with van der Waals surface area (Å²) in [5, 5.41) is 0. The Morgan fingerprint density at radius 1 is 1.88 bits per heavy atom. The third kappa shape index (κ3) is 3.40. The zero-order valence-electron chi connectivity index (χ0n) is 11.3. The summed E-state index contributed by atoms with van der Waals surface area (Å²) in [5.74, 6) is -1.28. The molecule has 0 aliphatic carbocycles. The molecule has 0 fully saturated rings. The van der Waals surface area contributed by atoms with E-state index in [9.17, 15) is 4.79 Å². The van der Waals surface area contributed by atoms with Gasteiger partial charge in [0.25, 0.3) is 0 Å². The minimum atomic E-state index is -3.02. The van der Waals surface area contributed by atoms with Gasteiger partial charge in [-0.25, -0.2) is 4.79 Å². The molecule has 0 aromatic rings. The number of carbonyl (C=O) groups excluding carboxylic acids is 1. The van der Waals surface area contributed by atoms with Crippen molar-refractivity contribution in [1.29, 1.82) is 0 Å². The second kappa shape index (κ2) is 3.24. The normalized spacial score (nSPS) is 23.9. The van der Waals surface area contributed by atoms with Crippen LogP contribution < -0.4 is 0 Å². The number of carbonyl (C=O) groups is 1. The van der Waals surface area contributed by atoms with E-state index in [1.54, 1.807) is 0 Å². The van der Waals surface area contributed by atoms with Crippen LogP contribution in [0, 0.1) is 0 Å². The van der Waals surface area contributed by atoms with Crippen molar-refractivity contribution in [3.63, 3.8) is 0 Å². The van der Waals surface area contributed by atoms with Crippen LogP contribution in [-0.4, -0.2) is 13.1 Å². The second-order valence-electron chi connectivity index (χ2n) is 0.992. The number of ether oxygens (including phenoxy) is 1. The van der Waals surface area contributed by atoms with E-state index in [-0.39, 0.29) is 0 Å². The van der Waals surface area contributed by atoms with Gasteiger partial charge in [-0.05, 0) is 13.7 Å². The summed E-state index contributed by atoms with van der Waals surface area (Å²) in [6.07, 6.45) is 0. The number of rotatable bonds is 1. The lowest BCUT2D eigenvalue weighted by Crippen LogP contribution is -1.94. The molecule has 0 heterocycles. The SMILES string of the molecule is [2H]C(C(=O)OC)=C(C([2H])([2H])[2H])C([2H])([2H])[2H]. The predicted octanol–water partition coefficient (Wildman–Crippen LogP) is 1.13. The molecule has 0 atom stereocenters. The van der Waals surface area contributed by atoms with Gasteiger partial charge in [-0.3, -0.25) is 0 Å². The van der Waals surface area contributed by atoms with Crippen LogP contribution in [-0.2, 0) is 9.53 Å². The average molecular weight is 121 g/mol. The Morgan fingerprint density at radius 3 is 2.88 bits per heavy atom. The van der Waals surface area contributed by atoms with Gasteiger partial charge in [0.2, 0.25) is 0 Å². The number of allylic oxidation sites excluding steroid dienone is 1. The lowest BCUT2D eigenvalue weighted by atomic mass is 10.3. The third-order valence-corrected chi connectivity index (χ3v) is 0.412. The first-order valence-corrected chi connectivity index (χ1v) is 1.82. The highest BCUT2D eigenvalue weighted by atomic mass is 16.5. The van der Waals surface area contributed by atoms with E-state index >= 15 is 0 Å². The van der Waals surface area contributed by atoms with Crippen LogP contribution in [0.3, 0.4) is 0 Å². The van der Waals surface area contributed by atoms with Gasteiger partial charge >= 0.3 is 5.97 Å². The number of hydrogen-bond donors (Lipinski definition) is 0. The Balaban J connectivity index is 5.59. The monoisotopic (exact) mass is 121 g/mol. The Kier molecular flexibility index (Phi) is 0.646. The molecule has 0 rings (SSSR count). The molecule has 0 aromatic heterocycles. The van der Waals surface area contributed by atoms with Gasteiger partial charge in [-0.15, -0.1) is 0 Å². The molecular formula is C6H10O2. The fourth-order valence-corrected chi connectivity index (χ4v) is 0.153. The highest BCUT2D eigenvalue weighted by Crippen LogP contribution is 1.88. The lowest BCUT2D eigenvalue weighted by Gasteiger charge is -1.89. The molecule has 0 N–H and O–H groups in total. The number of esters is 1. The molecule has 0 aliphatic heterocycles. The zero-order valence-corrected chi connectivity index (χ0v) is 4.32. The first-order valence-electron chi connectivity index (χ1n) is 5.32. The Hall–Kier alpha value is -0.790. The summed E-state index contributed by atoms with van der Waals surface area (Å²) in [7, 11) is 0.938. The number of hydrogen-bond acceptors (Lipinski definition) is 2. The van der Waals surface area contributed by atoms with Crippen LogP contribution >= 0.6 is 0 Å². The molecule has 2 nitrogen and oxygen atoms in total. The van der Waals surface area contributed by atoms with Gasteiger partial charge in [0.05, 0.1) is 8.48 Å². The average Bonchev–Trinajstić information content (AvgIpc) is 1.97. The van der Waals surface area contributed by atoms with Gasteiger partial charge in [-0.1, -0.05) is 5.57 Å². The molecule has 8 heavy (non-hydrogen) atoms. The van der Waals surface area contributed by atoms with Crippen LogP contribution in [0.4, 0.5) is 0 Å². The minimum absolute atomic E-state index is 0.938. The van der Waals surface area contributed by atoms with Crippen molar-refractivity contribution in [2.45, 2.75) is 13.7 Å². The van der Waals surface area contributed by atoms with E-state index in [2.05, 4.69) is 4.74 Å². The zero-order chi connectivity index (χ0) is 12.4. The van der Waals surface area contributed by atoms with Gasteiger partial charge in [0.1, 0.15) is 0 Å². The van der Waals surface area contributed by atoms with Gasteiger partial charge in [0.15, 0.2) is 0 Å². The Labute approximate surface area is 59.0 Å². The van der Waals surface area contributed by atoms with Gasteiger partial charge < -0.3 is 4.74 Å². The maximum atomic E-state index is 10.9. The largest absolute Gasteiger partial charge is 0.466 e. The molecule has 2 heteroatoms. The molecule has 0 saturated heterocycles. The van der Waals surface area contributed by atoms with E-state index in [0.717, 1.165) is 7.11 Å². The second-order valence-corrected chi connectivity index (χ2v) is 0.992. The first kappa shape index (κ1) is 1.59. The van der Waals surface area contributed by atoms with Crippen molar-refractivity contribution < 1.29 is 19.1 Å². The maximum absolute atomic E-state index is 10.9. The quantitative estimate of drug-likeness (QED) is 0.384. The standard InChI is InChI=1S/C6H10O2/c1-5(2)4-6(7)8-3/h4H,1-3H3/i1D3,2D3,4D. The molecule has 46 valence electrons. The Bertz CT molecular complexity index is 269. The summed E-state index contributed by atoms with van der Waals surface area (Å²) >= 11 is 0. The third-order valence-electron chi connectivity index (χ3n) is 0.412. The maximum Gasteiger partial charge on any atom is 0.330 e. The van der Waals surface area contributed by atoms with Crippen molar-refractivity contribution in [2.75, 3.05) is 7.11 Å². The Morgan fingerprint density at radius 2 is 2.50 bits per heavy atom.